The van der Waals surface area contributed by atoms with Crippen LogP contribution in [-0.2, 0) is 4.79 Å². The molecule has 1 aromatic carbocycles. The zero-order valence-corrected chi connectivity index (χ0v) is 14.8. The van der Waals surface area contributed by atoms with Crippen LogP contribution in [0.4, 0.5) is 0 Å². The van der Waals surface area contributed by atoms with Gasteiger partial charge < -0.3 is 14.8 Å². The number of aromatic nitrogens is 3. The van der Waals surface area contributed by atoms with E-state index in [1.807, 2.05) is 25.1 Å². The van der Waals surface area contributed by atoms with Crippen molar-refractivity contribution in [2.45, 2.75) is 36.9 Å². The number of fused-ring (bicyclic) bond motifs is 1. The lowest BCUT2D eigenvalue weighted by Gasteiger charge is -2.21. The second-order valence-corrected chi connectivity index (χ2v) is 7.20. The first-order valence-corrected chi connectivity index (χ1v) is 9.41. The summed E-state index contributed by atoms with van der Waals surface area (Å²) in [6, 6.07) is 5.64. The Bertz CT molecular complexity index is 775. The van der Waals surface area contributed by atoms with Gasteiger partial charge in [-0.2, -0.15) is 0 Å². The first kappa shape index (κ1) is 16.3. The van der Waals surface area contributed by atoms with Crippen molar-refractivity contribution in [2.24, 2.45) is 0 Å². The van der Waals surface area contributed by atoms with Crippen molar-refractivity contribution in [3.63, 3.8) is 0 Å². The Balaban J connectivity index is 1.30. The first-order valence-electron chi connectivity index (χ1n) is 8.43. The number of thioether (sulfide) groups is 1. The molecule has 2 heterocycles. The van der Waals surface area contributed by atoms with E-state index in [1.165, 1.54) is 24.6 Å². The minimum Gasteiger partial charge on any atom is -0.486 e. The van der Waals surface area contributed by atoms with Crippen molar-refractivity contribution in [2.75, 3.05) is 19.0 Å². The Labute approximate surface area is 149 Å². The van der Waals surface area contributed by atoms with E-state index in [0.717, 1.165) is 22.9 Å². The fraction of sp³-hybridized carbons (Fsp3) is 0.471. The van der Waals surface area contributed by atoms with Gasteiger partial charge in [-0.1, -0.05) is 17.8 Å². The van der Waals surface area contributed by atoms with Gasteiger partial charge in [-0.15, -0.1) is 5.10 Å². The molecule has 1 atom stereocenters. The molecule has 8 heteroatoms. The minimum absolute atomic E-state index is 0.0508. The number of carbonyl (C=O) groups is 1. The lowest BCUT2D eigenvalue weighted by molar-refractivity contribution is -0.119. The highest BCUT2D eigenvalue weighted by molar-refractivity contribution is 7.99. The highest BCUT2D eigenvalue weighted by Gasteiger charge is 2.27. The molecule has 0 spiro atoms. The van der Waals surface area contributed by atoms with Gasteiger partial charge in [-0.05, 0) is 37.5 Å². The quantitative estimate of drug-likeness (QED) is 0.769. The van der Waals surface area contributed by atoms with Crippen LogP contribution in [0.15, 0.2) is 23.4 Å². The summed E-state index contributed by atoms with van der Waals surface area (Å²) in [5.74, 6) is 3.19. The van der Waals surface area contributed by atoms with Gasteiger partial charge in [0, 0.05) is 5.92 Å². The van der Waals surface area contributed by atoms with Crippen LogP contribution >= 0.6 is 11.8 Å². The van der Waals surface area contributed by atoms with Crippen molar-refractivity contribution in [3.8, 4) is 11.5 Å². The van der Waals surface area contributed by atoms with Crippen LogP contribution in [0.3, 0.4) is 0 Å². The average molecular weight is 360 g/mol. The molecule has 132 valence electrons. The van der Waals surface area contributed by atoms with Gasteiger partial charge in [-0.3, -0.25) is 9.89 Å². The van der Waals surface area contributed by atoms with Crippen molar-refractivity contribution in [3.05, 3.63) is 29.6 Å². The van der Waals surface area contributed by atoms with Crippen LogP contribution in [0.1, 0.15) is 43.1 Å². The van der Waals surface area contributed by atoms with Crippen LogP contribution in [-0.4, -0.2) is 40.1 Å². The molecule has 1 aliphatic carbocycles. The maximum atomic E-state index is 12.2. The van der Waals surface area contributed by atoms with Gasteiger partial charge in [0.1, 0.15) is 19.0 Å². The summed E-state index contributed by atoms with van der Waals surface area (Å²) < 4.78 is 11.1. The second kappa shape index (κ2) is 6.95. The van der Waals surface area contributed by atoms with Crippen LogP contribution < -0.4 is 14.8 Å². The molecule has 0 saturated heterocycles. The number of nitrogens with one attached hydrogen (secondary N) is 2. The summed E-state index contributed by atoms with van der Waals surface area (Å²) in [4.78, 5) is 16.6. The summed E-state index contributed by atoms with van der Waals surface area (Å²) >= 11 is 1.34. The Morgan fingerprint density at radius 3 is 2.96 bits per heavy atom. The Kier molecular flexibility index (Phi) is 4.52. The third kappa shape index (κ3) is 3.89. The van der Waals surface area contributed by atoms with Gasteiger partial charge in [0.05, 0.1) is 11.8 Å². The molecule has 2 aliphatic rings. The van der Waals surface area contributed by atoms with E-state index in [4.69, 9.17) is 9.47 Å². The average Bonchev–Trinajstić information content (AvgIpc) is 3.38. The number of aromatic amines is 1. The predicted octanol–water partition coefficient (Wildman–Crippen LogP) is 2.42. The Morgan fingerprint density at radius 1 is 1.36 bits per heavy atom. The molecule has 1 unspecified atom stereocenters. The number of carbonyl (C=O) groups excluding carboxylic acids is 1. The molecule has 1 aliphatic heterocycles. The zero-order valence-electron chi connectivity index (χ0n) is 13.9. The van der Waals surface area contributed by atoms with Gasteiger partial charge in [0.15, 0.2) is 11.5 Å². The number of hydrogen-bond donors (Lipinski definition) is 2. The van der Waals surface area contributed by atoms with Crippen molar-refractivity contribution < 1.29 is 14.3 Å². The summed E-state index contributed by atoms with van der Waals surface area (Å²) in [5.41, 5.74) is 0.983. The molecule has 2 aromatic rings. The third-order valence-corrected chi connectivity index (χ3v) is 5.07. The number of ether oxygens (including phenoxy) is 2. The van der Waals surface area contributed by atoms with Crippen LogP contribution in [0.25, 0.3) is 0 Å². The minimum atomic E-state index is -0.113. The normalized spacial score (nSPS) is 17.2. The molecule has 4 rings (SSSR count). The molecule has 1 aromatic heterocycles. The van der Waals surface area contributed by atoms with Crippen molar-refractivity contribution in [1.29, 1.82) is 0 Å². The summed E-state index contributed by atoms with van der Waals surface area (Å²) in [7, 11) is 0. The third-order valence-electron chi connectivity index (χ3n) is 4.22. The topological polar surface area (TPSA) is 89.1 Å². The monoisotopic (exact) mass is 360 g/mol. The smallest absolute Gasteiger partial charge is 0.230 e. The van der Waals surface area contributed by atoms with Crippen LogP contribution in [0, 0.1) is 0 Å². The van der Waals surface area contributed by atoms with Gasteiger partial charge in [0.2, 0.25) is 11.1 Å². The molecule has 2 N–H and O–H groups in total. The van der Waals surface area contributed by atoms with E-state index in [9.17, 15) is 4.79 Å². The number of rotatable bonds is 6. The van der Waals surface area contributed by atoms with Crippen molar-refractivity contribution in [1.82, 2.24) is 20.5 Å². The molecule has 1 amide bonds. The Hall–Kier alpha value is -2.22. The van der Waals surface area contributed by atoms with Gasteiger partial charge >= 0.3 is 0 Å². The summed E-state index contributed by atoms with van der Waals surface area (Å²) in [6.45, 7) is 3.07. The SMILES string of the molecule is CC(NC(=O)CSc1n[nH]c(C2CC2)n1)c1ccc2c(c1)OCCO2. The second-order valence-electron chi connectivity index (χ2n) is 6.26. The van der Waals surface area contributed by atoms with E-state index in [1.54, 1.807) is 0 Å². The molecular formula is C17H20N4O3S. The lowest BCUT2D eigenvalue weighted by Crippen LogP contribution is -2.28. The maximum Gasteiger partial charge on any atom is 0.230 e. The predicted molar refractivity (Wildman–Crippen MR) is 93.1 cm³/mol. The molecule has 0 bridgehead atoms. The highest BCUT2D eigenvalue weighted by Crippen LogP contribution is 2.38. The zero-order chi connectivity index (χ0) is 17.2. The van der Waals surface area contributed by atoms with Gasteiger partial charge in [-0.25, -0.2) is 4.98 Å². The van der Waals surface area contributed by atoms with Gasteiger partial charge in [0.25, 0.3) is 0 Å². The summed E-state index contributed by atoms with van der Waals surface area (Å²) in [5, 5.41) is 10.7. The largest absolute Gasteiger partial charge is 0.486 e. The van der Waals surface area contributed by atoms with E-state index < -0.39 is 0 Å². The maximum absolute atomic E-state index is 12.2. The molecule has 1 fully saturated rings. The standard InChI is InChI=1S/C17H20N4O3S/c1-10(12-4-5-13-14(8-12)24-7-6-23-13)18-15(22)9-25-17-19-16(20-21-17)11-2-3-11/h4-5,8,10-11H,2-3,6-7,9H2,1H3,(H,18,22)(H,19,20,21). The number of amides is 1. The number of nitrogens with zero attached hydrogens (tertiary/aromatic N) is 2. The first-order chi connectivity index (χ1) is 12.2. The summed E-state index contributed by atoms with van der Waals surface area (Å²) in [6.07, 6.45) is 2.35. The Morgan fingerprint density at radius 2 is 2.16 bits per heavy atom. The molecular weight excluding hydrogens is 340 g/mol. The number of benzene rings is 1. The fourth-order valence-corrected chi connectivity index (χ4v) is 3.30. The molecule has 7 nitrogen and oxygen atoms in total. The molecule has 0 radical (unpaired) electrons. The molecule has 1 saturated carbocycles. The number of hydrogen-bond acceptors (Lipinski definition) is 6. The van der Waals surface area contributed by atoms with E-state index >= 15 is 0 Å². The molecule has 25 heavy (non-hydrogen) atoms. The van der Waals surface area contributed by atoms with E-state index in [0.29, 0.717) is 24.3 Å². The van der Waals surface area contributed by atoms with E-state index in [2.05, 4.69) is 20.5 Å². The van der Waals surface area contributed by atoms with Crippen LogP contribution in [0.2, 0.25) is 0 Å². The van der Waals surface area contributed by atoms with Crippen LogP contribution in [0.5, 0.6) is 11.5 Å². The lowest BCUT2D eigenvalue weighted by atomic mass is 10.1. The van der Waals surface area contributed by atoms with E-state index in [-0.39, 0.29) is 17.7 Å². The highest BCUT2D eigenvalue weighted by atomic mass is 32.2. The number of H-pyrrole nitrogens is 1. The fourth-order valence-electron chi connectivity index (χ4n) is 2.69. The van der Waals surface area contributed by atoms with Crippen molar-refractivity contribution >= 4 is 17.7 Å².